The third-order valence-corrected chi connectivity index (χ3v) is 6.99. The predicted molar refractivity (Wildman–Crippen MR) is 153 cm³/mol. The molecule has 6 aromatic rings. The van der Waals surface area contributed by atoms with E-state index in [2.05, 4.69) is 0 Å². The van der Waals surface area contributed by atoms with Gasteiger partial charge in [-0.1, -0.05) is 103 Å². The second-order valence-electron chi connectivity index (χ2n) is 8.99. The Morgan fingerprint density at radius 1 is 0.763 bits per heavy atom. The third-order valence-electron chi connectivity index (χ3n) is 6.64. The van der Waals surface area contributed by atoms with Crippen LogP contribution in [0.1, 0.15) is 32.8 Å². The molecule has 0 aliphatic heterocycles. The number of halogens is 1. The van der Waals surface area contributed by atoms with Gasteiger partial charge in [0, 0.05) is 38.6 Å². The lowest BCUT2D eigenvalue weighted by Gasteiger charge is -2.09. The van der Waals surface area contributed by atoms with E-state index in [1.165, 1.54) is 0 Å². The van der Waals surface area contributed by atoms with Crippen LogP contribution in [-0.4, -0.2) is 5.78 Å². The molecule has 0 saturated carbocycles. The van der Waals surface area contributed by atoms with Crippen molar-refractivity contribution in [3.8, 4) is 11.1 Å². The van der Waals surface area contributed by atoms with Crippen molar-refractivity contribution in [1.82, 2.24) is 0 Å². The third kappa shape index (κ3) is 4.15. The van der Waals surface area contributed by atoms with Gasteiger partial charge in [-0.15, -0.1) is 0 Å². The molecule has 0 N–H and O–H groups in total. The SMILES string of the molecule is Cc1c(C(=O)c2ccccc2)oc2cc3oc(=O)c(-c4ccccc4)c(/C=C/c4ccccc4Cl)c3cc12. The largest absolute Gasteiger partial charge is 0.452 e. The van der Waals surface area contributed by atoms with Gasteiger partial charge in [0.25, 0.3) is 0 Å². The second kappa shape index (κ2) is 9.66. The number of carbonyl (C=O) groups is 1. The molecule has 0 bridgehead atoms. The summed E-state index contributed by atoms with van der Waals surface area (Å²) >= 11 is 6.40. The van der Waals surface area contributed by atoms with Gasteiger partial charge in [-0.25, -0.2) is 4.79 Å². The molecule has 5 heteroatoms. The van der Waals surface area contributed by atoms with Crippen LogP contribution in [0, 0.1) is 6.92 Å². The van der Waals surface area contributed by atoms with Crippen LogP contribution in [0.15, 0.2) is 111 Å². The first-order valence-corrected chi connectivity index (χ1v) is 12.5. The summed E-state index contributed by atoms with van der Waals surface area (Å²) in [5.41, 5.74) is 4.36. The number of benzene rings is 4. The number of ketones is 1. The fourth-order valence-electron chi connectivity index (χ4n) is 4.71. The first-order valence-electron chi connectivity index (χ1n) is 12.1. The van der Waals surface area contributed by atoms with Gasteiger partial charge in [0.1, 0.15) is 11.2 Å². The van der Waals surface area contributed by atoms with Gasteiger partial charge in [0.05, 0.1) is 5.56 Å². The Hall–Kier alpha value is -4.67. The molecule has 4 nitrogen and oxygen atoms in total. The standard InChI is InChI=1S/C33H21ClO4/c1-20-25-18-26-24(17-16-21-10-8-9-15-27(21)34)30(22-11-4-2-5-12-22)33(36)38-29(26)19-28(25)37-32(20)31(35)23-13-6-3-7-14-23/h2-19H,1H3/b17-16+. The molecule has 2 aromatic heterocycles. The van der Waals surface area contributed by atoms with Crippen molar-refractivity contribution in [2.24, 2.45) is 0 Å². The van der Waals surface area contributed by atoms with Gasteiger partial charge >= 0.3 is 5.63 Å². The van der Waals surface area contributed by atoms with E-state index in [1.807, 2.05) is 97.9 Å². The topological polar surface area (TPSA) is 60.4 Å². The summed E-state index contributed by atoms with van der Waals surface area (Å²) in [6, 6.07) is 29.5. The Balaban J connectivity index is 1.61. The molecular weight excluding hydrogens is 496 g/mol. The summed E-state index contributed by atoms with van der Waals surface area (Å²) in [4.78, 5) is 26.5. The van der Waals surface area contributed by atoms with Gasteiger partial charge in [-0.3, -0.25) is 4.79 Å². The number of carbonyl (C=O) groups excluding carboxylic acids is 1. The Bertz CT molecular complexity index is 1910. The van der Waals surface area contributed by atoms with Crippen molar-refractivity contribution in [1.29, 1.82) is 0 Å². The number of furan rings is 1. The summed E-state index contributed by atoms with van der Waals surface area (Å²) < 4.78 is 11.8. The minimum atomic E-state index is -0.467. The van der Waals surface area contributed by atoms with E-state index < -0.39 is 5.63 Å². The molecular formula is C33H21ClO4. The number of aryl methyl sites for hydroxylation is 1. The van der Waals surface area contributed by atoms with Crippen molar-refractivity contribution in [3.63, 3.8) is 0 Å². The van der Waals surface area contributed by atoms with Crippen molar-refractivity contribution in [2.45, 2.75) is 6.92 Å². The number of hydrogen-bond acceptors (Lipinski definition) is 4. The van der Waals surface area contributed by atoms with Gasteiger partial charge in [0.2, 0.25) is 5.78 Å². The second-order valence-corrected chi connectivity index (χ2v) is 9.40. The number of rotatable bonds is 5. The van der Waals surface area contributed by atoms with Crippen LogP contribution in [0.3, 0.4) is 0 Å². The van der Waals surface area contributed by atoms with Crippen molar-refractivity contribution >= 4 is 51.5 Å². The summed E-state index contributed by atoms with van der Waals surface area (Å²) in [5, 5.41) is 2.10. The Morgan fingerprint density at radius 2 is 1.42 bits per heavy atom. The van der Waals surface area contributed by atoms with E-state index in [0.717, 1.165) is 27.5 Å². The summed E-state index contributed by atoms with van der Waals surface area (Å²) in [6.45, 7) is 1.87. The Morgan fingerprint density at radius 3 is 2.16 bits per heavy atom. The molecule has 0 amide bonds. The normalized spacial score (nSPS) is 11.5. The highest BCUT2D eigenvalue weighted by atomic mass is 35.5. The average molecular weight is 517 g/mol. The Labute approximate surface area is 223 Å². The zero-order valence-corrected chi connectivity index (χ0v) is 21.2. The summed E-state index contributed by atoms with van der Waals surface area (Å²) in [6.07, 6.45) is 3.78. The van der Waals surface area contributed by atoms with E-state index in [-0.39, 0.29) is 11.5 Å². The van der Waals surface area contributed by atoms with Gasteiger partial charge in [-0.05, 0) is 30.2 Å². The monoisotopic (exact) mass is 516 g/mol. The smallest absolute Gasteiger partial charge is 0.344 e. The fraction of sp³-hybridized carbons (Fsp3) is 0.0303. The fourth-order valence-corrected chi connectivity index (χ4v) is 4.91. The Kier molecular flexibility index (Phi) is 6.02. The molecule has 0 spiro atoms. The molecule has 0 aliphatic rings. The zero-order chi connectivity index (χ0) is 26.2. The average Bonchev–Trinajstić information content (AvgIpc) is 3.26. The predicted octanol–water partition coefficient (Wildman–Crippen LogP) is 8.57. The maximum absolute atomic E-state index is 13.3. The molecule has 0 fully saturated rings. The molecule has 0 saturated heterocycles. The minimum absolute atomic E-state index is 0.200. The molecule has 4 aromatic carbocycles. The summed E-state index contributed by atoms with van der Waals surface area (Å²) in [5.74, 6) is 0.0638. The van der Waals surface area contributed by atoms with Crippen LogP contribution in [0.2, 0.25) is 5.02 Å². The molecule has 0 unspecified atom stereocenters. The van der Waals surface area contributed by atoms with E-state index in [0.29, 0.717) is 32.9 Å². The molecule has 38 heavy (non-hydrogen) atoms. The lowest BCUT2D eigenvalue weighted by atomic mass is 9.96. The number of hydrogen-bond donors (Lipinski definition) is 0. The highest BCUT2D eigenvalue weighted by Crippen LogP contribution is 2.35. The first kappa shape index (κ1) is 23.7. The van der Waals surface area contributed by atoms with Crippen LogP contribution < -0.4 is 5.63 Å². The maximum atomic E-state index is 13.3. The van der Waals surface area contributed by atoms with Crippen LogP contribution >= 0.6 is 11.6 Å². The molecule has 0 atom stereocenters. The molecule has 0 radical (unpaired) electrons. The molecule has 0 aliphatic carbocycles. The summed E-state index contributed by atoms with van der Waals surface area (Å²) in [7, 11) is 0. The van der Waals surface area contributed by atoms with Gasteiger partial charge in [0.15, 0.2) is 5.76 Å². The first-order chi connectivity index (χ1) is 18.5. The van der Waals surface area contributed by atoms with Crippen LogP contribution in [-0.2, 0) is 0 Å². The molecule has 2 heterocycles. The van der Waals surface area contributed by atoms with Crippen molar-refractivity contribution in [3.05, 3.63) is 141 Å². The van der Waals surface area contributed by atoms with Gasteiger partial charge in [-0.2, -0.15) is 0 Å². The van der Waals surface area contributed by atoms with Crippen molar-refractivity contribution in [2.75, 3.05) is 0 Å². The van der Waals surface area contributed by atoms with Gasteiger partial charge < -0.3 is 8.83 Å². The van der Waals surface area contributed by atoms with E-state index in [1.54, 1.807) is 18.2 Å². The number of fused-ring (bicyclic) bond motifs is 2. The lowest BCUT2D eigenvalue weighted by molar-refractivity contribution is 0.101. The van der Waals surface area contributed by atoms with Crippen molar-refractivity contribution < 1.29 is 13.6 Å². The van der Waals surface area contributed by atoms with E-state index in [4.69, 9.17) is 20.4 Å². The minimum Gasteiger partial charge on any atom is -0.452 e. The lowest BCUT2D eigenvalue weighted by Crippen LogP contribution is -2.06. The van der Waals surface area contributed by atoms with Crippen LogP contribution in [0.25, 0.3) is 45.2 Å². The quantitative estimate of drug-likeness (QED) is 0.170. The maximum Gasteiger partial charge on any atom is 0.344 e. The van der Waals surface area contributed by atoms with E-state index >= 15 is 0 Å². The van der Waals surface area contributed by atoms with Crippen LogP contribution in [0.4, 0.5) is 0 Å². The zero-order valence-electron chi connectivity index (χ0n) is 20.4. The molecule has 6 rings (SSSR count). The highest BCUT2D eigenvalue weighted by Gasteiger charge is 2.22. The highest BCUT2D eigenvalue weighted by molar-refractivity contribution is 6.32. The van der Waals surface area contributed by atoms with Crippen LogP contribution in [0.5, 0.6) is 0 Å². The van der Waals surface area contributed by atoms with E-state index in [9.17, 15) is 9.59 Å². The molecule has 184 valence electrons.